The van der Waals surface area contributed by atoms with Gasteiger partial charge in [0.05, 0.1) is 29.2 Å². The Balaban J connectivity index is 1.85. The Kier molecular flexibility index (Phi) is 6.11. The lowest BCUT2D eigenvalue weighted by Gasteiger charge is -2.40. The summed E-state index contributed by atoms with van der Waals surface area (Å²) in [6, 6.07) is 7.48. The predicted octanol–water partition coefficient (Wildman–Crippen LogP) is 2.32. The Morgan fingerprint density at radius 3 is 2.59 bits per heavy atom. The van der Waals surface area contributed by atoms with Gasteiger partial charge in [0.1, 0.15) is 6.04 Å². The third kappa shape index (κ3) is 3.27. The fraction of sp³-hybridized carbons (Fsp3) is 0.542. The number of benzene rings is 1. The molecule has 3 fully saturated rings. The van der Waals surface area contributed by atoms with E-state index in [4.69, 9.17) is 0 Å². The molecular weight excluding hydrogens is 428 g/mol. The third-order valence-corrected chi connectivity index (χ3v) is 9.13. The van der Waals surface area contributed by atoms with Crippen molar-refractivity contribution in [2.75, 3.05) is 13.2 Å². The van der Waals surface area contributed by atoms with Gasteiger partial charge in [0.25, 0.3) is 0 Å². The van der Waals surface area contributed by atoms with Crippen molar-refractivity contribution in [2.24, 2.45) is 11.8 Å². The summed E-state index contributed by atoms with van der Waals surface area (Å²) in [5.74, 6) is -3.11. The van der Waals surface area contributed by atoms with Crippen molar-refractivity contribution >= 4 is 29.5 Å². The van der Waals surface area contributed by atoms with Gasteiger partial charge < -0.3 is 20.0 Å². The van der Waals surface area contributed by atoms with Gasteiger partial charge in [0, 0.05) is 17.8 Å². The van der Waals surface area contributed by atoms with E-state index >= 15 is 0 Å². The molecule has 3 aliphatic rings. The molecule has 172 valence electrons. The van der Waals surface area contributed by atoms with Crippen molar-refractivity contribution < 1.29 is 24.6 Å². The monoisotopic (exact) mass is 458 g/mol. The molecule has 1 aromatic carbocycles. The smallest absolute Gasteiger partial charge is 0.308 e. The average molecular weight is 459 g/mol. The summed E-state index contributed by atoms with van der Waals surface area (Å²) in [4.78, 5) is 43.3. The standard InChI is InChI=1S/C24H30N2O5S/c1-4-12-25(14(2)3)22(29)20-24-11-10-17(32-24)18(23(30)31)19(24)21(28)26(20)16(13-27)15-8-6-5-7-9-15/h4-9,14,16-20,27H,1,10-13H2,2-3H3,(H,30,31)/t16-,17+,18-,19+,20?,24?/m1/s1. The number of rotatable bonds is 8. The first-order chi connectivity index (χ1) is 15.3. The highest BCUT2D eigenvalue weighted by Gasteiger charge is 2.74. The molecule has 3 aliphatic heterocycles. The van der Waals surface area contributed by atoms with Gasteiger partial charge in [0.2, 0.25) is 11.8 Å². The van der Waals surface area contributed by atoms with Crippen LogP contribution in [0.25, 0.3) is 0 Å². The summed E-state index contributed by atoms with van der Waals surface area (Å²) in [7, 11) is 0. The SMILES string of the molecule is C=CCN(C(=O)C1N([C@H](CO)c2ccccc2)C(=O)[C@@H]2[C@H](C(=O)O)[C@@H]3CCC12S3)C(C)C. The summed E-state index contributed by atoms with van der Waals surface area (Å²) in [5.41, 5.74) is 0.726. The zero-order valence-corrected chi connectivity index (χ0v) is 19.2. The number of carboxylic acids is 1. The second kappa shape index (κ2) is 8.56. The van der Waals surface area contributed by atoms with E-state index in [9.17, 15) is 24.6 Å². The molecule has 2 unspecified atom stereocenters. The second-order valence-corrected chi connectivity index (χ2v) is 10.7. The average Bonchev–Trinajstić information content (AvgIpc) is 3.41. The van der Waals surface area contributed by atoms with Gasteiger partial charge in [-0.3, -0.25) is 14.4 Å². The molecule has 3 heterocycles. The van der Waals surface area contributed by atoms with Gasteiger partial charge in [-0.2, -0.15) is 0 Å². The lowest BCUT2D eigenvalue weighted by molar-refractivity contribution is -0.150. The molecule has 4 rings (SSSR count). The van der Waals surface area contributed by atoms with Crippen molar-refractivity contribution in [1.29, 1.82) is 0 Å². The maximum atomic E-state index is 14.0. The minimum absolute atomic E-state index is 0.115. The molecule has 2 N–H and O–H groups in total. The van der Waals surface area contributed by atoms with E-state index in [2.05, 4.69) is 6.58 Å². The number of carbonyl (C=O) groups excluding carboxylic acids is 2. The van der Waals surface area contributed by atoms with Gasteiger partial charge in [0.15, 0.2) is 0 Å². The van der Waals surface area contributed by atoms with Crippen LogP contribution in [0.4, 0.5) is 0 Å². The number of carbonyl (C=O) groups is 3. The van der Waals surface area contributed by atoms with Crippen molar-refractivity contribution in [3.8, 4) is 0 Å². The maximum absolute atomic E-state index is 14.0. The Bertz CT molecular complexity index is 922. The number of likely N-dealkylation sites (tertiary alicyclic amines) is 1. The topological polar surface area (TPSA) is 98.2 Å². The molecule has 7 nitrogen and oxygen atoms in total. The number of aliphatic hydroxyl groups is 1. The molecule has 0 aliphatic carbocycles. The van der Waals surface area contributed by atoms with E-state index in [1.165, 1.54) is 16.7 Å². The van der Waals surface area contributed by atoms with Gasteiger partial charge >= 0.3 is 5.97 Å². The number of hydrogen-bond donors (Lipinski definition) is 2. The summed E-state index contributed by atoms with van der Waals surface area (Å²) in [5, 5.41) is 20.1. The molecule has 0 aromatic heterocycles. The van der Waals surface area contributed by atoms with E-state index in [1.807, 2.05) is 44.2 Å². The van der Waals surface area contributed by atoms with Crippen molar-refractivity contribution in [3.63, 3.8) is 0 Å². The number of fused-ring (bicyclic) bond motifs is 1. The minimum atomic E-state index is -0.984. The summed E-state index contributed by atoms with van der Waals surface area (Å²) >= 11 is 1.50. The van der Waals surface area contributed by atoms with Gasteiger partial charge in [-0.15, -0.1) is 18.3 Å². The predicted molar refractivity (Wildman–Crippen MR) is 122 cm³/mol. The van der Waals surface area contributed by atoms with Crippen molar-refractivity contribution in [1.82, 2.24) is 9.80 Å². The first kappa shape index (κ1) is 22.9. The molecule has 6 atom stereocenters. The van der Waals surface area contributed by atoms with Gasteiger partial charge in [-0.25, -0.2) is 0 Å². The highest BCUT2D eigenvalue weighted by Crippen LogP contribution is 2.67. The van der Waals surface area contributed by atoms with E-state index in [1.54, 1.807) is 11.0 Å². The molecule has 32 heavy (non-hydrogen) atoms. The van der Waals surface area contributed by atoms with Crippen LogP contribution in [0.5, 0.6) is 0 Å². The number of carboxylic acid groups (broad SMARTS) is 1. The van der Waals surface area contributed by atoms with Crippen LogP contribution in [0.1, 0.15) is 38.3 Å². The van der Waals surface area contributed by atoms with Crippen molar-refractivity contribution in [2.45, 2.75) is 54.8 Å². The van der Waals surface area contributed by atoms with Crippen LogP contribution >= 0.6 is 11.8 Å². The van der Waals surface area contributed by atoms with Gasteiger partial charge in [-0.05, 0) is 32.3 Å². The summed E-state index contributed by atoms with van der Waals surface area (Å²) in [6.45, 7) is 7.59. The first-order valence-electron chi connectivity index (χ1n) is 11.1. The Labute approximate surface area is 192 Å². The van der Waals surface area contributed by atoms with Crippen LogP contribution in [0.2, 0.25) is 0 Å². The number of thioether (sulfide) groups is 1. The fourth-order valence-electron chi connectivity index (χ4n) is 5.87. The van der Waals surface area contributed by atoms with Crippen LogP contribution < -0.4 is 0 Å². The van der Waals surface area contributed by atoms with Gasteiger partial charge in [-0.1, -0.05) is 36.4 Å². The Morgan fingerprint density at radius 2 is 2.03 bits per heavy atom. The largest absolute Gasteiger partial charge is 0.481 e. The van der Waals surface area contributed by atoms with E-state index in [0.29, 0.717) is 19.4 Å². The fourth-order valence-corrected chi connectivity index (χ4v) is 8.06. The highest BCUT2D eigenvalue weighted by molar-refractivity contribution is 8.02. The first-order valence-corrected chi connectivity index (χ1v) is 12.0. The Hall–Kier alpha value is -2.32. The molecule has 0 saturated carbocycles. The lowest BCUT2D eigenvalue weighted by Crippen LogP contribution is -2.56. The number of hydrogen-bond acceptors (Lipinski definition) is 5. The maximum Gasteiger partial charge on any atom is 0.308 e. The van der Waals surface area contributed by atoms with E-state index < -0.39 is 34.6 Å². The molecule has 1 aromatic rings. The minimum Gasteiger partial charge on any atom is -0.481 e. The lowest BCUT2D eigenvalue weighted by atomic mass is 9.71. The van der Waals surface area contributed by atoms with E-state index in [-0.39, 0.29) is 29.7 Å². The molecule has 1 spiro atoms. The molecule has 2 amide bonds. The van der Waals surface area contributed by atoms with Crippen LogP contribution in [-0.4, -0.2) is 73.0 Å². The summed E-state index contributed by atoms with van der Waals surface area (Å²) in [6.07, 6.45) is 2.94. The van der Waals surface area contributed by atoms with Crippen LogP contribution in [0, 0.1) is 11.8 Å². The van der Waals surface area contributed by atoms with Crippen molar-refractivity contribution in [3.05, 3.63) is 48.6 Å². The normalized spacial score (nSPS) is 31.6. The molecule has 3 saturated heterocycles. The highest BCUT2D eigenvalue weighted by atomic mass is 32.2. The second-order valence-electron chi connectivity index (χ2n) is 9.12. The zero-order chi connectivity index (χ0) is 23.2. The third-order valence-electron chi connectivity index (χ3n) is 7.18. The molecular formula is C24H30N2O5S. The molecule has 0 radical (unpaired) electrons. The van der Waals surface area contributed by atoms with Crippen LogP contribution in [0.15, 0.2) is 43.0 Å². The molecule has 8 heteroatoms. The number of aliphatic carboxylic acids is 1. The van der Waals surface area contributed by atoms with E-state index in [0.717, 1.165) is 5.56 Å². The van der Waals surface area contributed by atoms with Crippen LogP contribution in [-0.2, 0) is 14.4 Å². The summed E-state index contributed by atoms with van der Waals surface area (Å²) < 4.78 is -0.793. The van der Waals surface area contributed by atoms with Crippen LogP contribution in [0.3, 0.4) is 0 Å². The number of nitrogens with zero attached hydrogens (tertiary/aromatic N) is 2. The number of aliphatic hydroxyl groups excluding tert-OH is 1. The Morgan fingerprint density at radius 1 is 1.34 bits per heavy atom. The zero-order valence-electron chi connectivity index (χ0n) is 18.4. The number of amides is 2. The quantitative estimate of drug-likeness (QED) is 0.580. The molecule has 2 bridgehead atoms.